The number of methoxy groups -OCH3 is 2. The van der Waals surface area contributed by atoms with Gasteiger partial charge in [0.25, 0.3) is 0 Å². The van der Waals surface area contributed by atoms with E-state index < -0.39 is 0 Å². The Labute approximate surface area is 152 Å². The Morgan fingerprint density at radius 2 is 1.92 bits per heavy atom. The molecule has 0 atom stereocenters. The van der Waals surface area contributed by atoms with Crippen molar-refractivity contribution in [3.8, 4) is 11.5 Å². The predicted molar refractivity (Wildman–Crippen MR) is 100.0 cm³/mol. The molecule has 1 amide bonds. The molecule has 136 valence electrons. The van der Waals surface area contributed by atoms with Crippen LogP contribution in [0.2, 0.25) is 0 Å². The van der Waals surface area contributed by atoms with E-state index in [4.69, 9.17) is 9.47 Å². The van der Waals surface area contributed by atoms with Crippen LogP contribution in [0, 0.1) is 13.8 Å². The topological polar surface area (TPSA) is 78.3 Å². The summed E-state index contributed by atoms with van der Waals surface area (Å²) in [5.41, 5.74) is 4.36. The van der Waals surface area contributed by atoms with Crippen molar-refractivity contribution < 1.29 is 14.3 Å². The van der Waals surface area contributed by atoms with Gasteiger partial charge in [-0.15, -0.1) is 0 Å². The zero-order valence-electron chi connectivity index (χ0n) is 15.6. The maximum Gasteiger partial charge on any atom is 0.223 e. The summed E-state index contributed by atoms with van der Waals surface area (Å²) in [7, 11) is 3.24. The van der Waals surface area contributed by atoms with Crippen LogP contribution in [0.25, 0.3) is 11.0 Å². The zero-order valence-corrected chi connectivity index (χ0v) is 15.6. The van der Waals surface area contributed by atoms with Gasteiger partial charge in [0.2, 0.25) is 11.9 Å². The van der Waals surface area contributed by atoms with Gasteiger partial charge in [-0.05, 0) is 32.0 Å². The molecule has 3 aromatic rings. The lowest BCUT2D eigenvalue weighted by Crippen LogP contribution is -2.13. The summed E-state index contributed by atoms with van der Waals surface area (Å²) in [6.45, 7) is 5.81. The lowest BCUT2D eigenvalue weighted by atomic mass is 10.2. The van der Waals surface area contributed by atoms with Crippen LogP contribution < -0.4 is 14.8 Å². The van der Waals surface area contributed by atoms with Crippen molar-refractivity contribution in [2.75, 3.05) is 19.5 Å². The summed E-state index contributed by atoms with van der Waals surface area (Å²) in [6.07, 6.45) is 0. The van der Waals surface area contributed by atoms with Crippen LogP contribution in [0.4, 0.5) is 5.95 Å². The summed E-state index contributed by atoms with van der Waals surface area (Å²) >= 11 is 0. The molecule has 0 radical (unpaired) electrons. The molecule has 0 saturated heterocycles. The number of nitrogens with zero attached hydrogens (tertiary/aromatic N) is 3. The minimum Gasteiger partial charge on any atom is -0.497 e. The Morgan fingerprint density at radius 3 is 2.58 bits per heavy atom. The molecule has 3 rings (SSSR count). The smallest absolute Gasteiger partial charge is 0.223 e. The molecule has 0 saturated carbocycles. The predicted octanol–water partition coefficient (Wildman–Crippen LogP) is 3.07. The Kier molecular flexibility index (Phi) is 4.79. The molecule has 0 aliphatic rings. The third-order valence-corrected chi connectivity index (χ3v) is 4.15. The van der Waals surface area contributed by atoms with Gasteiger partial charge in [0.1, 0.15) is 17.0 Å². The Morgan fingerprint density at radius 1 is 1.15 bits per heavy atom. The van der Waals surface area contributed by atoms with Gasteiger partial charge in [-0.1, -0.05) is 0 Å². The number of pyridine rings is 1. The second-order valence-corrected chi connectivity index (χ2v) is 6.10. The van der Waals surface area contributed by atoms with Crippen molar-refractivity contribution in [3.63, 3.8) is 0 Å². The highest BCUT2D eigenvalue weighted by Gasteiger charge is 2.17. The number of carbonyl (C=O) groups excluding carboxylic acids is 1. The van der Waals surface area contributed by atoms with Crippen LogP contribution in [0.3, 0.4) is 0 Å². The Hall–Kier alpha value is -3.09. The number of amides is 1. The number of ether oxygens (including phenoxy) is 2. The highest BCUT2D eigenvalue weighted by Crippen LogP contribution is 2.29. The fraction of sp³-hybridized carbons (Fsp3) is 0.316. The average molecular weight is 354 g/mol. The molecule has 0 unspecified atom stereocenters. The Bertz CT molecular complexity index is 979. The summed E-state index contributed by atoms with van der Waals surface area (Å²) < 4.78 is 12.7. The first-order valence-corrected chi connectivity index (χ1v) is 8.26. The molecule has 7 nitrogen and oxygen atoms in total. The van der Waals surface area contributed by atoms with E-state index in [0.29, 0.717) is 18.2 Å². The largest absolute Gasteiger partial charge is 0.497 e. The number of hydrogen-bond acceptors (Lipinski definition) is 5. The number of hydrogen-bond donors (Lipinski definition) is 1. The molecule has 0 fully saturated rings. The first-order valence-electron chi connectivity index (χ1n) is 8.26. The molecule has 1 N–H and O–H groups in total. The fourth-order valence-electron chi connectivity index (χ4n) is 2.99. The highest BCUT2D eigenvalue weighted by molar-refractivity contribution is 5.90. The summed E-state index contributed by atoms with van der Waals surface area (Å²) in [5, 5.41) is 2.81. The van der Waals surface area contributed by atoms with E-state index in [2.05, 4.69) is 15.3 Å². The minimum absolute atomic E-state index is 0.175. The Balaban J connectivity index is 2.15. The number of benzene rings is 1. The van der Waals surface area contributed by atoms with Crippen LogP contribution in [0.15, 0.2) is 24.3 Å². The first-order chi connectivity index (χ1) is 12.4. The zero-order chi connectivity index (χ0) is 18.8. The molecule has 0 aliphatic heterocycles. The van der Waals surface area contributed by atoms with Crippen LogP contribution in [0.5, 0.6) is 11.5 Å². The molecule has 7 heteroatoms. The van der Waals surface area contributed by atoms with Gasteiger partial charge >= 0.3 is 0 Å². The molecular weight excluding hydrogens is 332 g/mol. The molecule has 2 heterocycles. The number of aromatic nitrogens is 3. The number of anilines is 1. The van der Waals surface area contributed by atoms with E-state index in [1.54, 1.807) is 14.2 Å². The van der Waals surface area contributed by atoms with Gasteiger partial charge < -0.3 is 14.0 Å². The van der Waals surface area contributed by atoms with Gasteiger partial charge in [0.15, 0.2) is 0 Å². The van der Waals surface area contributed by atoms with E-state index in [9.17, 15) is 4.79 Å². The second kappa shape index (κ2) is 7.03. The van der Waals surface area contributed by atoms with Crippen molar-refractivity contribution >= 4 is 22.9 Å². The molecule has 2 aromatic heterocycles. The van der Waals surface area contributed by atoms with E-state index in [0.717, 1.165) is 33.7 Å². The van der Waals surface area contributed by atoms with Crippen LogP contribution in [-0.4, -0.2) is 34.7 Å². The van der Waals surface area contributed by atoms with Gasteiger partial charge in [0.05, 0.1) is 32.0 Å². The van der Waals surface area contributed by atoms with Crippen molar-refractivity contribution in [1.82, 2.24) is 14.5 Å². The fourth-order valence-corrected chi connectivity index (χ4v) is 2.99. The summed E-state index contributed by atoms with van der Waals surface area (Å²) in [4.78, 5) is 20.7. The number of aryl methyl sites for hydroxylation is 2. The van der Waals surface area contributed by atoms with Gasteiger partial charge in [0, 0.05) is 24.2 Å². The number of fused-ring (bicyclic) bond motifs is 1. The van der Waals surface area contributed by atoms with Crippen molar-refractivity contribution in [2.24, 2.45) is 0 Å². The molecular formula is C19H22N4O3. The van der Waals surface area contributed by atoms with Crippen molar-refractivity contribution in [3.05, 3.63) is 41.2 Å². The van der Waals surface area contributed by atoms with Crippen molar-refractivity contribution in [1.29, 1.82) is 0 Å². The van der Waals surface area contributed by atoms with E-state index in [1.807, 2.05) is 42.7 Å². The minimum atomic E-state index is -0.175. The number of nitrogens with one attached hydrogen (secondary N) is 1. The lowest BCUT2D eigenvalue weighted by Gasteiger charge is -2.14. The SMILES string of the molecule is COc1ccc(Cn2c(NC(C)=O)nc3c(C)nc(C)cc32)c(OC)c1. The summed E-state index contributed by atoms with van der Waals surface area (Å²) in [6, 6.07) is 7.64. The van der Waals surface area contributed by atoms with Crippen LogP contribution in [-0.2, 0) is 11.3 Å². The molecule has 0 bridgehead atoms. The van der Waals surface area contributed by atoms with Gasteiger partial charge in [-0.2, -0.15) is 0 Å². The molecule has 1 aromatic carbocycles. The first kappa shape index (κ1) is 17.7. The normalized spacial score (nSPS) is 10.8. The van der Waals surface area contributed by atoms with E-state index >= 15 is 0 Å². The average Bonchev–Trinajstić information content (AvgIpc) is 2.92. The second-order valence-electron chi connectivity index (χ2n) is 6.10. The van der Waals surface area contributed by atoms with Crippen molar-refractivity contribution in [2.45, 2.75) is 27.3 Å². The standard InChI is InChI=1S/C19H22N4O3/c1-11-8-16-18(12(2)20-11)22-19(21-13(3)24)23(16)10-14-6-7-15(25-4)9-17(14)26-5/h6-9H,10H2,1-5H3,(H,21,22,24). The van der Waals surface area contributed by atoms with E-state index in [-0.39, 0.29) is 5.91 Å². The number of carbonyl (C=O) groups is 1. The molecule has 0 aliphatic carbocycles. The molecule has 0 spiro atoms. The van der Waals surface area contributed by atoms with Crippen LogP contribution in [0.1, 0.15) is 23.9 Å². The lowest BCUT2D eigenvalue weighted by molar-refractivity contribution is -0.114. The summed E-state index contributed by atoms with van der Waals surface area (Å²) in [5.74, 6) is 1.74. The van der Waals surface area contributed by atoms with E-state index in [1.165, 1.54) is 6.92 Å². The third-order valence-electron chi connectivity index (χ3n) is 4.15. The highest BCUT2D eigenvalue weighted by atomic mass is 16.5. The van der Waals surface area contributed by atoms with Gasteiger partial charge in [-0.3, -0.25) is 15.1 Å². The quantitative estimate of drug-likeness (QED) is 0.762. The number of rotatable bonds is 5. The monoisotopic (exact) mass is 354 g/mol. The number of imidazole rings is 1. The molecule has 26 heavy (non-hydrogen) atoms. The maximum atomic E-state index is 11.6. The third kappa shape index (κ3) is 3.33. The van der Waals surface area contributed by atoms with Crippen LogP contribution >= 0.6 is 0 Å². The van der Waals surface area contributed by atoms with Gasteiger partial charge in [-0.25, -0.2) is 4.98 Å². The maximum absolute atomic E-state index is 11.6.